The molecule has 0 amide bonds. The molecule has 0 spiro atoms. The monoisotopic (exact) mass is 358 g/mol. The summed E-state index contributed by atoms with van der Waals surface area (Å²) in [5, 5.41) is 10.00. The van der Waals surface area contributed by atoms with E-state index >= 15 is 0 Å². The largest absolute Gasteiger partial charge is 0.454 e. The second-order valence-electron chi connectivity index (χ2n) is 6.01. The summed E-state index contributed by atoms with van der Waals surface area (Å²) in [4.78, 5) is 30.4. The van der Waals surface area contributed by atoms with Crippen molar-refractivity contribution in [3.05, 3.63) is 68.9 Å². The Labute approximate surface area is 151 Å². The molecule has 8 nitrogen and oxygen atoms in total. The first-order chi connectivity index (χ1) is 13.1. The van der Waals surface area contributed by atoms with Crippen molar-refractivity contribution in [1.82, 2.24) is 14.5 Å². The van der Waals surface area contributed by atoms with Gasteiger partial charge in [0.1, 0.15) is 0 Å². The molecule has 0 radical (unpaired) electrons. The minimum atomic E-state index is -0.738. The number of H-pyrrole nitrogens is 1. The van der Waals surface area contributed by atoms with E-state index in [4.69, 9.17) is 9.47 Å². The summed E-state index contributed by atoms with van der Waals surface area (Å²) in [5.41, 5.74) is 0.719. The van der Waals surface area contributed by atoms with Crippen LogP contribution in [0, 0.1) is 11.3 Å². The van der Waals surface area contributed by atoms with Gasteiger partial charge in [-0.15, -0.1) is 0 Å². The number of ether oxygens (including phenoxy) is 2. The summed E-state index contributed by atoms with van der Waals surface area (Å²) >= 11 is 0. The fourth-order valence-corrected chi connectivity index (χ4v) is 3.24. The van der Waals surface area contributed by atoms with E-state index in [9.17, 15) is 14.9 Å². The van der Waals surface area contributed by atoms with E-state index in [0.29, 0.717) is 28.3 Å². The Hall–Kier alpha value is -4.12. The molecule has 1 N–H and O–H groups in total. The normalized spacial score (nSPS) is 12.4. The van der Waals surface area contributed by atoms with Gasteiger partial charge in [-0.3, -0.25) is 14.3 Å². The van der Waals surface area contributed by atoms with Crippen molar-refractivity contribution in [2.75, 3.05) is 6.79 Å². The van der Waals surface area contributed by atoms with Gasteiger partial charge in [0.15, 0.2) is 17.3 Å². The van der Waals surface area contributed by atoms with E-state index in [1.807, 2.05) is 0 Å². The lowest BCUT2D eigenvalue weighted by Crippen LogP contribution is -2.27. The smallest absolute Gasteiger partial charge is 0.349 e. The number of nitrogens with zero attached hydrogens (tertiary/aromatic N) is 3. The molecule has 2 aromatic rings. The third kappa shape index (κ3) is 2.26. The maximum atomic E-state index is 12.3. The van der Waals surface area contributed by atoms with E-state index in [2.05, 4.69) is 16.0 Å². The highest BCUT2D eigenvalue weighted by Crippen LogP contribution is 2.36. The van der Waals surface area contributed by atoms with Crippen LogP contribution in [0.3, 0.4) is 0 Å². The zero-order chi connectivity index (χ0) is 18.5. The average Bonchev–Trinajstić information content (AvgIpc) is 3.14. The number of nitriles is 1. The van der Waals surface area contributed by atoms with Gasteiger partial charge in [-0.2, -0.15) is 10.2 Å². The standard InChI is InChI=1S/C19H10N4O4/c20-8-10-1-2-11-6-13-17(21-19(25)22-18(13)24)23(14(11)5-10)12-3-4-15-16(7-12)27-9-26-15/h1-7H,9H2,(H,22,24,25). The second-order valence-corrected chi connectivity index (χ2v) is 6.01. The molecule has 3 heterocycles. The first kappa shape index (κ1) is 15.2. The van der Waals surface area contributed by atoms with Crippen LogP contribution < -0.4 is 20.7 Å². The molecule has 27 heavy (non-hydrogen) atoms. The quantitative estimate of drug-likeness (QED) is 0.519. The Morgan fingerprint density at radius 1 is 1.07 bits per heavy atom. The van der Waals surface area contributed by atoms with Gasteiger partial charge >= 0.3 is 5.69 Å². The molecule has 3 aliphatic heterocycles. The molecule has 3 aliphatic rings. The van der Waals surface area contributed by atoms with E-state index < -0.39 is 11.2 Å². The lowest BCUT2D eigenvalue weighted by molar-refractivity contribution is 0.174. The zero-order valence-electron chi connectivity index (χ0n) is 13.7. The Morgan fingerprint density at radius 3 is 2.78 bits per heavy atom. The Bertz CT molecular complexity index is 1360. The van der Waals surface area contributed by atoms with Crippen LogP contribution in [0.2, 0.25) is 0 Å². The lowest BCUT2D eigenvalue weighted by Gasteiger charge is -2.18. The lowest BCUT2D eigenvalue weighted by atomic mass is 10.1. The fraction of sp³-hybridized carbons (Fsp3) is 0.0526. The summed E-state index contributed by atoms with van der Waals surface area (Å²) in [6, 6.07) is 14.1. The Kier molecular flexibility index (Phi) is 3.05. The summed E-state index contributed by atoms with van der Waals surface area (Å²) in [5.74, 6) is 1.36. The molecule has 0 saturated heterocycles. The molecular formula is C19H10N4O4. The Morgan fingerprint density at radius 2 is 1.93 bits per heavy atom. The van der Waals surface area contributed by atoms with Crippen molar-refractivity contribution in [1.29, 1.82) is 5.26 Å². The minimum Gasteiger partial charge on any atom is -0.454 e. The maximum absolute atomic E-state index is 12.3. The van der Waals surface area contributed by atoms with Gasteiger partial charge in [0, 0.05) is 6.07 Å². The number of nitrogens with one attached hydrogen (secondary N) is 1. The highest BCUT2D eigenvalue weighted by molar-refractivity contribution is 5.88. The van der Waals surface area contributed by atoms with Gasteiger partial charge in [0.25, 0.3) is 5.56 Å². The molecule has 0 bridgehead atoms. The number of hydrogen-bond acceptors (Lipinski definition) is 6. The van der Waals surface area contributed by atoms with Crippen LogP contribution in [0.5, 0.6) is 11.5 Å². The van der Waals surface area contributed by atoms with Gasteiger partial charge in [0.05, 0.1) is 28.4 Å². The molecule has 8 heteroatoms. The number of fused-ring (bicyclic) bond motifs is 3. The van der Waals surface area contributed by atoms with Gasteiger partial charge < -0.3 is 9.47 Å². The molecule has 0 aliphatic carbocycles. The summed E-state index contributed by atoms with van der Waals surface area (Å²) < 4.78 is 12.5. The molecular weight excluding hydrogens is 348 g/mol. The van der Waals surface area contributed by atoms with Crippen molar-refractivity contribution in [3.63, 3.8) is 0 Å². The predicted molar refractivity (Wildman–Crippen MR) is 95.4 cm³/mol. The number of hydrogen-bond donors (Lipinski definition) is 1. The number of pyridine rings is 1. The number of aromatic nitrogens is 3. The SMILES string of the molecule is N#Cc1ccc2cc3c(=O)[nH]c(=O)nc-3n(-c3ccc4c(c3)OCO4)c2c1. The molecule has 130 valence electrons. The van der Waals surface area contributed by atoms with Crippen LogP contribution in [0.4, 0.5) is 0 Å². The van der Waals surface area contributed by atoms with E-state index in [1.165, 1.54) is 0 Å². The van der Waals surface area contributed by atoms with Gasteiger partial charge in [-0.05, 0) is 35.7 Å². The first-order valence-corrected chi connectivity index (χ1v) is 8.04. The third-order valence-corrected chi connectivity index (χ3v) is 4.44. The number of rotatable bonds is 1. The van der Waals surface area contributed by atoms with E-state index in [1.54, 1.807) is 47.0 Å². The van der Waals surface area contributed by atoms with Crippen molar-refractivity contribution in [2.24, 2.45) is 0 Å². The summed E-state index contributed by atoms with van der Waals surface area (Å²) in [7, 11) is 0. The molecule has 5 rings (SSSR count). The number of benzene rings is 2. The summed E-state index contributed by atoms with van der Waals surface area (Å²) in [6.07, 6.45) is 0. The van der Waals surface area contributed by atoms with Crippen LogP contribution in [0.1, 0.15) is 5.56 Å². The highest BCUT2D eigenvalue weighted by Gasteiger charge is 2.20. The number of aromatic amines is 1. The Balaban J connectivity index is 1.96. The molecule has 2 aromatic carbocycles. The first-order valence-electron chi connectivity index (χ1n) is 8.04. The van der Waals surface area contributed by atoms with Crippen molar-refractivity contribution < 1.29 is 9.47 Å². The van der Waals surface area contributed by atoms with Crippen molar-refractivity contribution in [3.8, 4) is 34.6 Å². The topological polar surface area (TPSA) is 110 Å². The maximum Gasteiger partial charge on any atom is 0.349 e. The van der Waals surface area contributed by atoms with Crippen LogP contribution in [0.25, 0.3) is 28.0 Å². The van der Waals surface area contributed by atoms with Gasteiger partial charge in [-0.1, -0.05) is 6.07 Å². The molecule has 0 fully saturated rings. The zero-order valence-corrected chi connectivity index (χ0v) is 13.7. The van der Waals surface area contributed by atoms with Crippen LogP contribution in [-0.2, 0) is 0 Å². The minimum absolute atomic E-state index is 0.126. The van der Waals surface area contributed by atoms with Crippen molar-refractivity contribution in [2.45, 2.75) is 0 Å². The van der Waals surface area contributed by atoms with Crippen molar-refractivity contribution >= 4 is 10.9 Å². The van der Waals surface area contributed by atoms with Crippen LogP contribution in [0.15, 0.2) is 52.1 Å². The second kappa shape index (κ2) is 5.44. The fourth-order valence-electron chi connectivity index (χ4n) is 3.24. The average molecular weight is 358 g/mol. The van der Waals surface area contributed by atoms with Gasteiger partial charge in [-0.25, -0.2) is 4.79 Å². The molecule has 0 aromatic heterocycles. The molecule has 0 unspecified atom stereocenters. The van der Waals surface area contributed by atoms with Gasteiger partial charge in [0.2, 0.25) is 6.79 Å². The molecule has 0 atom stereocenters. The third-order valence-electron chi connectivity index (χ3n) is 4.44. The highest BCUT2D eigenvalue weighted by atomic mass is 16.7. The van der Waals surface area contributed by atoms with E-state index in [0.717, 1.165) is 5.39 Å². The van der Waals surface area contributed by atoms with E-state index in [-0.39, 0.29) is 18.2 Å². The van der Waals surface area contributed by atoms with Crippen LogP contribution >= 0.6 is 0 Å². The molecule has 0 saturated carbocycles. The van der Waals surface area contributed by atoms with Crippen LogP contribution in [-0.4, -0.2) is 21.3 Å². The summed E-state index contributed by atoms with van der Waals surface area (Å²) in [6.45, 7) is 0.126. The predicted octanol–water partition coefficient (Wildman–Crippen LogP) is 1.78.